The molecule has 0 saturated heterocycles. The summed E-state index contributed by atoms with van der Waals surface area (Å²) in [6.07, 6.45) is 1.01. The molecule has 0 bridgehead atoms. The summed E-state index contributed by atoms with van der Waals surface area (Å²) in [5.74, 6) is 0.0994. The molecule has 0 aliphatic rings. The maximum absolute atomic E-state index is 11.6. The second kappa shape index (κ2) is 7.40. The molecular formula is C11H22N2O2. The fourth-order valence-electron chi connectivity index (χ4n) is 1.34. The Morgan fingerprint density at radius 1 is 1.27 bits per heavy atom. The first-order valence-corrected chi connectivity index (χ1v) is 5.50. The van der Waals surface area contributed by atoms with Crippen LogP contribution in [-0.2, 0) is 9.59 Å². The molecule has 0 spiro atoms. The molecule has 1 amide bonds. The molecule has 4 heteroatoms. The lowest BCUT2D eigenvalue weighted by atomic mass is 10.1. The van der Waals surface area contributed by atoms with Crippen LogP contribution in [0.1, 0.15) is 40.5 Å². The molecule has 0 aliphatic heterocycles. The van der Waals surface area contributed by atoms with Crippen molar-refractivity contribution in [3.8, 4) is 0 Å². The third-order valence-electron chi connectivity index (χ3n) is 1.99. The number of Topliss-reactive ketones (excluding diaryl/α,β-unsaturated/α-hetero) is 1. The molecule has 0 saturated carbocycles. The highest BCUT2D eigenvalue weighted by molar-refractivity contribution is 5.83. The Hall–Kier alpha value is -0.900. The maximum Gasteiger partial charge on any atom is 0.237 e. The Labute approximate surface area is 91.8 Å². The smallest absolute Gasteiger partial charge is 0.237 e. The second-order valence-corrected chi connectivity index (χ2v) is 4.01. The van der Waals surface area contributed by atoms with Crippen LogP contribution >= 0.6 is 0 Å². The van der Waals surface area contributed by atoms with Gasteiger partial charge in [-0.25, -0.2) is 0 Å². The molecule has 0 fully saturated rings. The van der Waals surface area contributed by atoms with Crippen LogP contribution in [0, 0.1) is 0 Å². The van der Waals surface area contributed by atoms with Crippen molar-refractivity contribution in [2.24, 2.45) is 0 Å². The first kappa shape index (κ1) is 14.1. The first-order valence-electron chi connectivity index (χ1n) is 5.50. The summed E-state index contributed by atoms with van der Waals surface area (Å²) in [4.78, 5) is 22.5. The molecule has 4 nitrogen and oxygen atoms in total. The van der Waals surface area contributed by atoms with Gasteiger partial charge in [0, 0.05) is 19.0 Å². The van der Waals surface area contributed by atoms with Crippen LogP contribution in [0.3, 0.4) is 0 Å². The molecule has 1 atom stereocenters. The summed E-state index contributed by atoms with van der Waals surface area (Å²) in [6.45, 7) is 8.02. The summed E-state index contributed by atoms with van der Waals surface area (Å²) >= 11 is 0. The Bertz CT molecular complexity index is 215. The van der Waals surface area contributed by atoms with Gasteiger partial charge in [-0.3, -0.25) is 4.79 Å². The zero-order valence-electron chi connectivity index (χ0n) is 10.1. The van der Waals surface area contributed by atoms with E-state index in [0.29, 0.717) is 19.4 Å². The van der Waals surface area contributed by atoms with Crippen molar-refractivity contribution in [1.82, 2.24) is 10.6 Å². The van der Waals surface area contributed by atoms with E-state index in [0.717, 1.165) is 0 Å². The van der Waals surface area contributed by atoms with Crippen molar-refractivity contribution in [3.05, 3.63) is 0 Å². The highest BCUT2D eigenvalue weighted by atomic mass is 16.2. The second-order valence-electron chi connectivity index (χ2n) is 4.01. The first-order chi connectivity index (χ1) is 6.97. The summed E-state index contributed by atoms with van der Waals surface area (Å²) in [5, 5.41) is 5.92. The minimum atomic E-state index is -0.256. The van der Waals surface area contributed by atoms with Crippen LogP contribution in [0.4, 0.5) is 0 Å². The van der Waals surface area contributed by atoms with Crippen molar-refractivity contribution < 1.29 is 9.59 Å². The highest BCUT2D eigenvalue weighted by Gasteiger charge is 2.18. The standard InChI is InChI=1S/C11H22N2O2/c1-5-12-11(15)10(13-8(2)3)7-6-9(4)14/h8,10,13H,5-7H2,1-4H3,(H,12,15). The maximum atomic E-state index is 11.6. The van der Waals surface area contributed by atoms with Gasteiger partial charge in [0.1, 0.15) is 5.78 Å². The normalized spacial score (nSPS) is 12.6. The molecule has 2 N–H and O–H groups in total. The molecule has 0 rings (SSSR count). The summed E-state index contributed by atoms with van der Waals surface area (Å²) in [5.41, 5.74) is 0. The van der Waals surface area contributed by atoms with Crippen LogP contribution in [0.15, 0.2) is 0 Å². The van der Waals surface area contributed by atoms with E-state index in [4.69, 9.17) is 0 Å². The number of rotatable bonds is 7. The average Bonchev–Trinajstić information content (AvgIpc) is 2.11. The number of ketones is 1. The van der Waals surface area contributed by atoms with Gasteiger partial charge in [0.15, 0.2) is 0 Å². The number of hydrogen-bond donors (Lipinski definition) is 2. The number of hydrogen-bond acceptors (Lipinski definition) is 3. The fraction of sp³-hybridized carbons (Fsp3) is 0.818. The van der Waals surface area contributed by atoms with Gasteiger partial charge in [-0.05, 0) is 20.3 Å². The number of nitrogens with one attached hydrogen (secondary N) is 2. The molecular weight excluding hydrogens is 192 g/mol. The highest BCUT2D eigenvalue weighted by Crippen LogP contribution is 2.00. The van der Waals surface area contributed by atoms with Crippen molar-refractivity contribution in [2.75, 3.05) is 6.54 Å². The van der Waals surface area contributed by atoms with Crippen molar-refractivity contribution in [2.45, 2.75) is 52.6 Å². The molecule has 88 valence electrons. The quantitative estimate of drug-likeness (QED) is 0.661. The average molecular weight is 214 g/mol. The van der Waals surface area contributed by atoms with E-state index in [2.05, 4.69) is 10.6 Å². The van der Waals surface area contributed by atoms with E-state index in [1.54, 1.807) is 6.92 Å². The van der Waals surface area contributed by atoms with E-state index < -0.39 is 0 Å². The van der Waals surface area contributed by atoms with Crippen LogP contribution in [0.2, 0.25) is 0 Å². The molecule has 0 aromatic rings. The van der Waals surface area contributed by atoms with Crippen molar-refractivity contribution in [3.63, 3.8) is 0 Å². The van der Waals surface area contributed by atoms with Gasteiger partial charge in [-0.15, -0.1) is 0 Å². The molecule has 15 heavy (non-hydrogen) atoms. The number of carbonyl (C=O) groups is 2. The van der Waals surface area contributed by atoms with E-state index in [1.165, 1.54) is 0 Å². The lowest BCUT2D eigenvalue weighted by Crippen LogP contribution is -2.46. The zero-order chi connectivity index (χ0) is 11.8. The van der Waals surface area contributed by atoms with Gasteiger partial charge in [0.05, 0.1) is 6.04 Å². The Morgan fingerprint density at radius 3 is 2.27 bits per heavy atom. The predicted molar refractivity (Wildman–Crippen MR) is 60.7 cm³/mol. The lowest BCUT2D eigenvalue weighted by Gasteiger charge is -2.19. The largest absolute Gasteiger partial charge is 0.355 e. The predicted octanol–water partition coefficient (Wildman–Crippen LogP) is 0.858. The Morgan fingerprint density at radius 2 is 1.87 bits per heavy atom. The molecule has 0 heterocycles. The van der Waals surface area contributed by atoms with Crippen LogP contribution < -0.4 is 10.6 Å². The topological polar surface area (TPSA) is 58.2 Å². The third kappa shape index (κ3) is 7.08. The fourth-order valence-corrected chi connectivity index (χ4v) is 1.34. The SMILES string of the molecule is CCNC(=O)C(CCC(C)=O)NC(C)C. The molecule has 1 unspecified atom stereocenters. The van der Waals surface area contributed by atoms with E-state index in [1.807, 2.05) is 20.8 Å². The van der Waals surface area contributed by atoms with Gasteiger partial charge in [-0.1, -0.05) is 13.8 Å². The van der Waals surface area contributed by atoms with E-state index in [-0.39, 0.29) is 23.8 Å². The molecule has 0 radical (unpaired) electrons. The number of carbonyl (C=O) groups excluding carboxylic acids is 2. The van der Waals surface area contributed by atoms with E-state index >= 15 is 0 Å². The molecule has 0 aliphatic carbocycles. The van der Waals surface area contributed by atoms with E-state index in [9.17, 15) is 9.59 Å². The molecule has 0 aromatic heterocycles. The van der Waals surface area contributed by atoms with Gasteiger partial charge in [-0.2, -0.15) is 0 Å². The van der Waals surface area contributed by atoms with Crippen LogP contribution in [-0.4, -0.2) is 30.3 Å². The Balaban J connectivity index is 4.16. The lowest BCUT2D eigenvalue weighted by molar-refractivity contribution is -0.123. The van der Waals surface area contributed by atoms with Crippen LogP contribution in [0.25, 0.3) is 0 Å². The Kier molecular flexibility index (Phi) is 6.96. The molecule has 0 aromatic carbocycles. The van der Waals surface area contributed by atoms with Gasteiger partial charge >= 0.3 is 0 Å². The van der Waals surface area contributed by atoms with Gasteiger partial charge < -0.3 is 15.4 Å². The summed E-state index contributed by atoms with van der Waals surface area (Å²) in [7, 11) is 0. The summed E-state index contributed by atoms with van der Waals surface area (Å²) < 4.78 is 0. The number of amides is 1. The van der Waals surface area contributed by atoms with Crippen LogP contribution in [0.5, 0.6) is 0 Å². The third-order valence-corrected chi connectivity index (χ3v) is 1.99. The minimum Gasteiger partial charge on any atom is -0.355 e. The van der Waals surface area contributed by atoms with Crippen molar-refractivity contribution >= 4 is 11.7 Å². The minimum absolute atomic E-state index is 0.0209. The van der Waals surface area contributed by atoms with Gasteiger partial charge in [0.25, 0.3) is 0 Å². The van der Waals surface area contributed by atoms with Crippen molar-refractivity contribution in [1.29, 1.82) is 0 Å². The zero-order valence-corrected chi connectivity index (χ0v) is 10.1. The van der Waals surface area contributed by atoms with Gasteiger partial charge in [0.2, 0.25) is 5.91 Å². The summed E-state index contributed by atoms with van der Waals surface area (Å²) in [6, 6.07) is -0.0154. The monoisotopic (exact) mass is 214 g/mol. The number of likely N-dealkylation sites (N-methyl/N-ethyl adjacent to an activating group) is 1.